The van der Waals surface area contributed by atoms with E-state index in [4.69, 9.17) is 10.5 Å². The van der Waals surface area contributed by atoms with Crippen LogP contribution in [0.4, 0.5) is 0 Å². The maximum absolute atomic E-state index is 12.5. The van der Waals surface area contributed by atoms with Crippen LogP contribution in [-0.2, 0) is 0 Å². The lowest BCUT2D eigenvalue weighted by molar-refractivity contribution is 0.0680. The number of ether oxygens (including phenoxy) is 1. The van der Waals surface area contributed by atoms with E-state index in [0.717, 1.165) is 31.7 Å². The molecule has 4 heteroatoms. The van der Waals surface area contributed by atoms with Gasteiger partial charge in [-0.1, -0.05) is 6.07 Å². The smallest absolute Gasteiger partial charge is 0.253 e. The van der Waals surface area contributed by atoms with Gasteiger partial charge in [0.1, 0.15) is 5.75 Å². The first kappa shape index (κ1) is 14.9. The van der Waals surface area contributed by atoms with Crippen LogP contribution in [0.15, 0.2) is 24.3 Å². The molecule has 1 fully saturated rings. The zero-order valence-corrected chi connectivity index (χ0v) is 12.3. The minimum Gasteiger partial charge on any atom is -0.494 e. The largest absolute Gasteiger partial charge is 0.494 e. The third kappa shape index (κ3) is 3.51. The molecule has 2 N–H and O–H groups in total. The summed E-state index contributed by atoms with van der Waals surface area (Å²) in [7, 11) is 0. The quantitative estimate of drug-likeness (QED) is 0.918. The second-order valence-corrected chi connectivity index (χ2v) is 5.45. The Kier molecular flexibility index (Phi) is 5.01. The molecule has 0 aromatic heterocycles. The van der Waals surface area contributed by atoms with Crippen molar-refractivity contribution in [1.82, 2.24) is 4.90 Å². The van der Waals surface area contributed by atoms with E-state index >= 15 is 0 Å². The third-order valence-electron chi connectivity index (χ3n) is 3.96. The highest BCUT2D eigenvalue weighted by Crippen LogP contribution is 2.22. The summed E-state index contributed by atoms with van der Waals surface area (Å²) in [4.78, 5) is 14.4. The van der Waals surface area contributed by atoms with E-state index < -0.39 is 0 Å². The molecule has 1 atom stereocenters. The number of hydrogen-bond acceptors (Lipinski definition) is 3. The average molecular weight is 276 g/mol. The van der Waals surface area contributed by atoms with E-state index in [0.29, 0.717) is 18.1 Å². The molecule has 4 nitrogen and oxygen atoms in total. The summed E-state index contributed by atoms with van der Waals surface area (Å²) >= 11 is 0. The van der Waals surface area contributed by atoms with E-state index in [9.17, 15) is 4.79 Å². The first-order valence-electron chi connectivity index (χ1n) is 7.39. The van der Waals surface area contributed by atoms with Gasteiger partial charge in [-0.2, -0.15) is 0 Å². The summed E-state index contributed by atoms with van der Waals surface area (Å²) in [5.74, 6) is 1.38. The van der Waals surface area contributed by atoms with Gasteiger partial charge in [-0.15, -0.1) is 0 Å². The Labute approximate surface area is 120 Å². The first-order valence-corrected chi connectivity index (χ1v) is 7.39. The SMILES string of the molecule is CCOc1cccc(C(=O)N2CCC(C(C)N)CC2)c1. The number of carbonyl (C=O) groups is 1. The Balaban J connectivity index is 2.00. The normalized spacial score (nSPS) is 17.9. The maximum Gasteiger partial charge on any atom is 0.253 e. The number of likely N-dealkylation sites (tertiary alicyclic amines) is 1. The van der Waals surface area contributed by atoms with Crippen LogP contribution in [0.1, 0.15) is 37.0 Å². The molecule has 0 saturated carbocycles. The average Bonchev–Trinajstić information content (AvgIpc) is 2.47. The molecular weight excluding hydrogens is 252 g/mol. The molecule has 110 valence electrons. The molecule has 0 spiro atoms. The van der Waals surface area contributed by atoms with Crippen molar-refractivity contribution in [3.05, 3.63) is 29.8 Å². The van der Waals surface area contributed by atoms with Gasteiger partial charge in [0.2, 0.25) is 0 Å². The van der Waals surface area contributed by atoms with Crippen LogP contribution in [0.3, 0.4) is 0 Å². The zero-order chi connectivity index (χ0) is 14.5. The van der Waals surface area contributed by atoms with E-state index in [-0.39, 0.29) is 11.9 Å². The Hall–Kier alpha value is -1.55. The number of rotatable bonds is 4. The second-order valence-electron chi connectivity index (χ2n) is 5.45. The monoisotopic (exact) mass is 276 g/mol. The Morgan fingerprint density at radius 3 is 2.75 bits per heavy atom. The highest BCUT2D eigenvalue weighted by Gasteiger charge is 2.25. The predicted octanol–water partition coefficient (Wildman–Crippen LogP) is 2.28. The predicted molar refractivity (Wildman–Crippen MR) is 79.9 cm³/mol. The van der Waals surface area contributed by atoms with Crippen molar-refractivity contribution in [2.45, 2.75) is 32.7 Å². The zero-order valence-electron chi connectivity index (χ0n) is 12.3. The van der Waals surface area contributed by atoms with E-state index in [1.165, 1.54) is 0 Å². The van der Waals surface area contributed by atoms with Gasteiger partial charge in [0, 0.05) is 24.7 Å². The highest BCUT2D eigenvalue weighted by atomic mass is 16.5. The van der Waals surface area contributed by atoms with Crippen LogP contribution in [0, 0.1) is 5.92 Å². The fourth-order valence-corrected chi connectivity index (χ4v) is 2.70. The Morgan fingerprint density at radius 1 is 1.45 bits per heavy atom. The molecule has 1 aliphatic heterocycles. The molecule has 2 rings (SSSR count). The van der Waals surface area contributed by atoms with Crippen molar-refractivity contribution in [2.75, 3.05) is 19.7 Å². The molecule has 20 heavy (non-hydrogen) atoms. The van der Waals surface area contributed by atoms with Crippen LogP contribution in [0.5, 0.6) is 5.75 Å². The number of hydrogen-bond donors (Lipinski definition) is 1. The third-order valence-corrected chi connectivity index (χ3v) is 3.96. The van der Waals surface area contributed by atoms with Crippen LogP contribution >= 0.6 is 0 Å². The number of piperidine rings is 1. The highest BCUT2D eigenvalue weighted by molar-refractivity contribution is 5.94. The fourth-order valence-electron chi connectivity index (χ4n) is 2.70. The molecule has 1 saturated heterocycles. The molecule has 0 radical (unpaired) electrons. The molecule has 1 aliphatic rings. The lowest BCUT2D eigenvalue weighted by Crippen LogP contribution is -2.42. The molecule has 1 heterocycles. The lowest BCUT2D eigenvalue weighted by atomic mass is 9.90. The number of carbonyl (C=O) groups excluding carboxylic acids is 1. The molecule has 0 aliphatic carbocycles. The molecule has 0 bridgehead atoms. The standard InChI is InChI=1S/C16H24N2O2/c1-3-20-15-6-4-5-14(11-15)16(19)18-9-7-13(8-10-18)12(2)17/h4-6,11-13H,3,7-10,17H2,1-2H3. The molecule has 1 aromatic carbocycles. The van der Waals surface area contributed by atoms with Crippen molar-refractivity contribution in [2.24, 2.45) is 11.7 Å². The molecular formula is C16H24N2O2. The Morgan fingerprint density at radius 2 is 2.15 bits per heavy atom. The summed E-state index contributed by atoms with van der Waals surface area (Å²) in [5.41, 5.74) is 6.64. The van der Waals surface area contributed by atoms with Crippen LogP contribution in [0.2, 0.25) is 0 Å². The number of nitrogens with two attached hydrogens (primary N) is 1. The first-order chi connectivity index (χ1) is 9.61. The van der Waals surface area contributed by atoms with Crippen LogP contribution in [-0.4, -0.2) is 36.5 Å². The summed E-state index contributed by atoms with van der Waals surface area (Å²) in [6.45, 7) is 6.19. The summed E-state index contributed by atoms with van der Waals surface area (Å²) in [5, 5.41) is 0. The lowest BCUT2D eigenvalue weighted by Gasteiger charge is -2.33. The van der Waals surface area contributed by atoms with Gasteiger partial charge in [-0.05, 0) is 50.8 Å². The van der Waals surface area contributed by atoms with Crippen molar-refractivity contribution in [3.63, 3.8) is 0 Å². The summed E-state index contributed by atoms with van der Waals surface area (Å²) in [6, 6.07) is 7.63. The second kappa shape index (κ2) is 6.75. The minimum absolute atomic E-state index is 0.0923. The molecule has 1 unspecified atom stereocenters. The van der Waals surface area contributed by atoms with E-state index in [1.807, 2.05) is 43.0 Å². The van der Waals surface area contributed by atoms with Gasteiger partial charge in [-0.3, -0.25) is 4.79 Å². The van der Waals surface area contributed by atoms with Crippen LogP contribution in [0.25, 0.3) is 0 Å². The maximum atomic E-state index is 12.5. The van der Waals surface area contributed by atoms with Gasteiger partial charge in [0.25, 0.3) is 5.91 Å². The van der Waals surface area contributed by atoms with Crippen molar-refractivity contribution >= 4 is 5.91 Å². The number of benzene rings is 1. The number of amides is 1. The van der Waals surface area contributed by atoms with Gasteiger partial charge in [0.05, 0.1) is 6.61 Å². The van der Waals surface area contributed by atoms with Crippen molar-refractivity contribution < 1.29 is 9.53 Å². The van der Waals surface area contributed by atoms with Gasteiger partial charge in [-0.25, -0.2) is 0 Å². The van der Waals surface area contributed by atoms with E-state index in [2.05, 4.69) is 0 Å². The van der Waals surface area contributed by atoms with Crippen molar-refractivity contribution in [3.8, 4) is 5.75 Å². The number of nitrogens with zero attached hydrogens (tertiary/aromatic N) is 1. The fraction of sp³-hybridized carbons (Fsp3) is 0.562. The van der Waals surface area contributed by atoms with Gasteiger partial charge < -0.3 is 15.4 Å². The topological polar surface area (TPSA) is 55.6 Å². The van der Waals surface area contributed by atoms with Crippen molar-refractivity contribution in [1.29, 1.82) is 0 Å². The molecule has 1 amide bonds. The Bertz CT molecular complexity index is 452. The molecule has 1 aromatic rings. The summed E-state index contributed by atoms with van der Waals surface area (Å²) in [6.07, 6.45) is 1.99. The van der Waals surface area contributed by atoms with Gasteiger partial charge in [0.15, 0.2) is 0 Å². The minimum atomic E-state index is 0.0923. The van der Waals surface area contributed by atoms with Crippen LogP contribution < -0.4 is 10.5 Å². The van der Waals surface area contributed by atoms with E-state index in [1.54, 1.807) is 0 Å². The van der Waals surface area contributed by atoms with Gasteiger partial charge >= 0.3 is 0 Å². The summed E-state index contributed by atoms with van der Waals surface area (Å²) < 4.78 is 5.45.